The van der Waals surface area contributed by atoms with E-state index in [2.05, 4.69) is 10.8 Å². The maximum absolute atomic E-state index is 12.6. The lowest BCUT2D eigenvalue weighted by molar-refractivity contribution is 0.0493. The molecule has 0 spiro atoms. The normalized spacial score (nSPS) is 13.4. The third-order valence-corrected chi connectivity index (χ3v) is 4.99. The molecule has 0 aromatic heterocycles. The summed E-state index contributed by atoms with van der Waals surface area (Å²) < 4.78 is 0. The molecule has 0 aliphatic rings. The van der Waals surface area contributed by atoms with Gasteiger partial charge >= 0.3 is 0 Å². The minimum atomic E-state index is -0.426. The Balaban J connectivity index is 2.18. The van der Waals surface area contributed by atoms with Gasteiger partial charge < -0.3 is 15.4 Å². The number of nitrogens with zero attached hydrogens (tertiary/aromatic N) is 1. The lowest BCUT2D eigenvalue weighted by atomic mass is 10.0. The van der Waals surface area contributed by atoms with Gasteiger partial charge in [0.05, 0.1) is 16.1 Å². The molecule has 2 rings (SSSR count). The number of nitrogens with one attached hydrogen (secondary N) is 2. The van der Waals surface area contributed by atoms with Crippen LogP contribution in [0.5, 0.6) is 0 Å². The highest BCUT2D eigenvalue weighted by Gasteiger charge is 2.23. The smallest absolute Gasteiger partial charge is 0.253 e. The van der Waals surface area contributed by atoms with E-state index in [-0.39, 0.29) is 11.9 Å². The van der Waals surface area contributed by atoms with E-state index >= 15 is 0 Å². The van der Waals surface area contributed by atoms with Crippen LogP contribution in [0.4, 0.5) is 0 Å². The molecule has 0 aliphatic heterocycles. The molecule has 0 bridgehead atoms. The van der Waals surface area contributed by atoms with Crippen molar-refractivity contribution in [3.05, 3.63) is 58.1 Å². The monoisotopic (exact) mass is 381 g/mol. The highest BCUT2D eigenvalue weighted by Crippen LogP contribution is 2.28. The SMILES string of the molecule is CNC(NO)C(C)N(C)C(=O)c1ccc(-c2ccc(Cl)c(Cl)c2)cc1. The summed E-state index contributed by atoms with van der Waals surface area (Å²) in [6, 6.07) is 12.4. The maximum atomic E-state index is 12.6. The van der Waals surface area contributed by atoms with E-state index in [1.165, 1.54) is 0 Å². The molecule has 0 saturated carbocycles. The zero-order valence-electron chi connectivity index (χ0n) is 14.3. The van der Waals surface area contributed by atoms with Crippen molar-refractivity contribution in [2.45, 2.75) is 19.1 Å². The Morgan fingerprint density at radius 3 is 2.20 bits per heavy atom. The van der Waals surface area contributed by atoms with E-state index in [0.717, 1.165) is 11.1 Å². The Labute approximate surface area is 157 Å². The van der Waals surface area contributed by atoms with E-state index in [0.29, 0.717) is 15.6 Å². The van der Waals surface area contributed by atoms with Crippen molar-refractivity contribution in [1.82, 2.24) is 15.7 Å². The molecule has 3 N–H and O–H groups in total. The largest absolute Gasteiger partial charge is 0.336 e. The Bertz CT molecular complexity index is 734. The third kappa shape index (κ3) is 4.51. The van der Waals surface area contributed by atoms with Gasteiger partial charge in [-0.1, -0.05) is 41.4 Å². The van der Waals surface area contributed by atoms with E-state index in [9.17, 15) is 4.79 Å². The molecule has 2 aromatic rings. The van der Waals surface area contributed by atoms with Crippen molar-refractivity contribution < 1.29 is 10.0 Å². The molecule has 7 heteroatoms. The van der Waals surface area contributed by atoms with Crippen LogP contribution in [-0.2, 0) is 0 Å². The van der Waals surface area contributed by atoms with Crippen molar-refractivity contribution in [2.24, 2.45) is 0 Å². The highest BCUT2D eigenvalue weighted by molar-refractivity contribution is 6.42. The summed E-state index contributed by atoms with van der Waals surface area (Å²) >= 11 is 12.0. The van der Waals surface area contributed by atoms with Crippen LogP contribution in [0.15, 0.2) is 42.5 Å². The molecule has 0 radical (unpaired) electrons. The summed E-state index contributed by atoms with van der Waals surface area (Å²) in [5, 5.41) is 13.0. The van der Waals surface area contributed by atoms with Crippen LogP contribution in [0, 0.1) is 0 Å². The maximum Gasteiger partial charge on any atom is 0.253 e. The summed E-state index contributed by atoms with van der Waals surface area (Å²) in [7, 11) is 3.40. The molecule has 0 saturated heterocycles. The summed E-state index contributed by atoms with van der Waals surface area (Å²) in [6.07, 6.45) is -0.426. The minimum absolute atomic E-state index is 0.135. The molecule has 25 heavy (non-hydrogen) atoms. The molecular formula is C18H21Cl2N3O2. The number of carbonyl (C=O) groups excluding carboxylic acids is 1. The predicted molar refractivity (Wildman–Crippen MR) is 101 cm³/mol. The van der Waals surface area contributed by atoms with E-state index in [4.69, 9.17) is 28.4 Å². The Morgan fingerprint density at radius 2 is 1.68 bits per heavy atom. The molecule has 134 valence electrons. The number of hydrogen-bond donors (Lipinski definition) is 3. The number of rotatable bonds is 6. The average molecular weight is 382 g/mol. The molecule has 5 nitrogen and oxygen atoms in total. The zero-order valence-corrected chi connectivity index (χ0v) is 15.8. The second-order valence-electron chi connectivity index (χ2n) is 5.76. The third-order valence-electron chi connectivity index (χ3n) is 4.25. The summed E-state index contributed by atoms with van der Waals surface area (Å²) in [5.41, 5.74) is 4.58. The molecule has 0 aliphatic carbocycles. The average Bonchev–Trinajstić information content (AvgIpc) is 2.63. The first-order chi connectivity index (χ1) is 11.9. The number of hydroxylamine groups is 1. The van der Waals surface area contributed by atoms with Gasteiger partial charge in [0.15, 0.2) is 0 Å². The van der Waals surface area contributed by atoms with E-state index in [1.54, 1.807) is 43.3 Å². The van der Waals surface area contributed by atoms with Gasteiger partial charge in [0.25, 0.3) is 5.91 Å². The van der Waals surface area contributed by atoms with Crippen molar-refractivity contribution >= 4 is 29.1 Å². The van der Waals surface area contributed by atoms with Gasteiger partial charge in [0, 0.05) is 12.6 Å². The van der Waals surface area contributed by atoms with Gasteiger partial charge in [0.1, 0.15) is 6.17 Å². The fraction of sp³-hybridized carbons (Fsp3) is 0.278. The van der Waals surface area contributed by atoms with Crippen LogP contribution < -0.4 is 10.8 Å². The lowest BCUT2D eigenvalue weighted by Gasteiger charge is -2.31. The van der Waals surface area contributed by atoms with Crippen LogP contribution in [0.3, 0.4) is 0 Å². The zero-order chi connectivity index (χ0) is 18.6. The number of amides is 1. The number of carbonyl (C=O) groups is 1. The molecule has 2 unspecified atom stereocenters. The van der Waals surface area contributed by atoms with Crippen LogP contribution in [0.25, 0.3) is 11.1 Å². The van der Waals surface area contributed by atoms with Crippen molar-refractivity contribution in [3.8, 4) is 11.1 Å². The molecule has 0 heterocycles. The lowest BCUT2D eigenvalue weighted by Crippen LogP contribution is -2.54. The summed E-state index contributed by atoms with van der Waals surface area (Å²) in [6.45, 7) is 1.84. The number of likely N-dealkylation sites (N-methyl/N-ethyl adjacent to an activating group) is 2. The first-order valence-corrected chi connectivity index (χ1v) is 8.54. The van der Waals surface area contributed by atoms with Gasteiger partial charge in [-0.2, -0.15) is 5.48 Å². The molecule has 2 atom stereocenters. The van der Waals surface area contributed by atoms with Crippen molar-refractivity contribution in [1.29, 1.82) is 0 Å². The van der Waals surface area contributed by atoms with Crippen molar-refractivity contribution in [2.75, 3.05) is 14.1 Å². The van der Waals surface area contributed by atoms with Crippen LogP contribution in [0.1, 0.15) is 17.3 Å². The molecule has 2 aromatic carbocycles. The first-order valence-electron chi connectivity index (χ1n) is 7.78. The molecule has 1 amide bonds. The summed E-state index contributed by atoms with van der Waals surface area (Å²) in [4.78, 5) is 14.2. The Kier molecular flexibility index (Phi) is 6.81. The van der Waals surface area contributed by atoms with E-state index in [1.807, 2.05) is 25.1 Å². The second kappa shape index (κ2) is 8.65. The fourth-order valence-electron chi connectivity index (χ4n) is 2.51. The van der Waals surface area contributed by atoms with Gasteiger partial charge in [-0.25, -0.2) is 0 Å². The highest BCUT2D eigenvalue weighted by atomic mass is 35.5. The Hall–Kier alpha value is -1.63. The first kappa shape index (κ1) is 19.7. The predicted octanol–water partition coefficient (Wildman–Crippen LogP) is 3.65. The van der Waals surface area contributed by atoms with E-state index < -0.39 is 6.17 Å². The number of hydrogen-bond acceptors (Lipinski definition) is 4. The minimum Gasteiger partial charge on any atom is -0.336 e. The topological polar surface area (TPSA) is 64.6 Å². The fourth-order valence-corrected chi connectivity index (χ4v) is 2.80. The van der Waals surface area contributed by atoms with Crippen LogP contribution in [-0.4, -0.2) is 42.3 Å². The quantitative estimate of drug-likeness (QED) is 0.527. The second-order valence-corrected chi connectivity index (χ2v) is 6.57. The molecular weight excluding hydrogens is 361 g/mol. The van der Waals surface area contributed by atoms with Gasteiger partial charge in [-0.15, -0.1) is 0 Å². The van der Waals surface area contributed by atoms with Crippen molar-refractivity contribution in [3.63, 3.8) is 0 Å². The van der Waals surface area contributed by atoms with Crippen LogP contribution >= 0.6 is 23.2 Å². The summed E-state index contributed by atoms with van der Waals surface area (Å²) in [5.74, 6) is -0.135. The standard InChI is InChI=1S/C18H21Cl2N3O2/c1-11(17(21-2)22-25)23(3)18(24)13-6-4-12(5-7-13)14-8-9-15(19)16(20)10-14/h4-11,17,21-22,25H,1-3H3. The molecule has 0 fully saturated rings. The Morgan fingerprint density at radius 1 is 1.08 bits per heavy atom. The number of halogens is 2. The van der Waals surface area contributed by atoms with Gasteiger partial charge in [-0.05, 0) is 49.4 Å². The van der Waals surface area contributed by atoms with Gasteiger partial charge in [0.2, 0.25) is 0 Å². The van der Waals surface area contributed by atoms with Crippen LogP contribution in [0.2, 0.25) is 10.0 Å². The van der Waals surface area contributed by atoms with Gasteiger partial charge in [-0.3, -0.25) is 4.79 Å². The number of benzene rings is 2.